The van der Waals surface area contributed by atoms with Crippen molar-refractivity contribution in [3.05, 3.63) is 140 Å². The van der Waals surface area contributed by atoms with Crippen molar-refractivity contribution in [1.29, 1.82) is 0 Å². The topological polar surface area (TPSA) is 72.9 Å². The van der Waals surface area contributed by atoms with E-state index in [-0.39, 0.29) is 12.5 Å². The summed E-state index contributed by atoms with van der Waals surface area (Å²) in [5.41, 5.74) is 1.13. The quantitative estimate of drug-likeness (QED) is 0.102. The average molecular weight is 606 g/mol. The molecule has 0 aromatic heterocycles. The molecule has 0 saturated carbocycles. The first-order chi connectivity index (χ1) is 21.4. The van der Waals surface area contributed by atoms with Crippen molar-refractivity contribution in [3.63, 3.8) is 0 Å². The lowest BCUT2D eigenvalue weighted by Gasteiger charge is -2.51. The van der Waals surface area contributed by atoms with Crippen molar-refractivity contribution in [3.8, 4) is 0 Å². The maximum absolute atomic E-state index is 14.7. The van der Waals surface area contributed by atoms with Gasteiger partial charge < -0.3 is 14.4 Å². The summed E-state index contributed by atoms with van der Waals surface area (Å²) in [5.74, 6) is -1.96. The number of carbonyl (C=O) groups excluding carboxylic acids is 3. The number of β-lactam (4-membered cyclic amide) rings is 1. The molecule has 1 amide bonds. The highest BCUT2D eigenvalue weighted by Gasteiger charge is 2.55. The van der Waals surface area contributed by atoms with E-state index in [1.54, 1.807) is 17.9 Å². The van der Waals surface area contributed by atoms with Crippen LogP contribution in [0.1, 0.15) is 25.8 Å². The van der Waals surface area contributed by atoms with Gasteiger partial charge in [-0.2, -0.15) is 0 Å². The van der Waals surface area contributed by atoms with Crippen LogP contribution in [0.25, 0.3) is 0 Å². The number of nitrogens with zero attached hydrogens (tertiary/aromatic N) is 1. The van der Waals surface area contributed by atoms with Gasteiger partial charge in [0, 0.05) is 13.8 Å². The van der Waals surface area contributed by atoms with E-state index in [0.29, 0.717) is 11.8 Å². The van der Waals surface area contributed by atoms with E-state index in [1.807, 2.05) is 121 Å². The van der Waals surface area contributed by atoms with Gasteiger partial charge in [-0.1, -0.05) is 127 Å². The molecule has 0 N–H and O–H groups in total. The summed E-state index contributed by atoms with van der Waals surface area (Å²) in [5, 5.41) is 2.72. The normalized spacial score (nSPS) is 16.8. The van der Waals surface area contributed by atoms with Gasteiger partial charge in [0.25, 0.3) is 0 Å². The van der Waals surface area contributed by atoms with Crippen molar-refractivity contribution in [2.24, 2.45) is 5.92 Å². The zero-order valence-electron chi connectivity index (χ0n) is 24.9. The number of likely N-dealkylation sites (tertiary alicyclic amines) is 1. The third-order valence-corrected chi connectivity index (χ3v) is 12.2. The minimum Gasteiger partial charge on any atom is -0.462 e. The molecule has 5 rings (SSSR count). The highest BCUT2D eigenvalue weighted by molar-refractivity contribution is 7.96. The van der Waals surface area contributed by atoms with Crippen LogP contribution < -0.4 is 15.9 Å². The molecule has 44 heavy (non-hydrogen) atoms. The summed E-state index contributed by atoms with van der Waals surface area (Å²) in [7, 11) is 0. The van der Waals surface area contributed by atoms with E-state index in [2.05, 4.69) is 6.58 Å². The summed E-state index contributed by atoms with van der Waals surface area (Å²) in [4.78, 5) is 42.5. The van der Waals surface area contributed by atoms with Gasteiger partial charge in [0.1, 0.15) is 18.1 Å². The predicted octanol–water partition coefficient (Wildman–Crippen LogP) is 5.21. The Hall–Kier alpha value is -4.67. The van der Waals surface area contributed by atoms with Crippen LogP contribution in [-0.2, 0) is 30.5 Å². The Balaban J connectivity index is 1.84. The fraction of sp³-hybridized carbons (Fsp3) is 0.189. The van der Waals surface area contributed by atoms with Crippen LogP contribution in [0.4, 0.5) is 0 Å². The number of hydrogen-bond acceptors (Lipinski definition) is 5. The first-order valence-corrected chi connectivity index (χ1v) is 16.4. The van der Waals surface area contributed by atoms with Gasteiger partial charge in [0.15, 0.2) is 0 Å². The van der Waals surface area contributed by atoms with Crippen LogP contribution in [0.5, 0.6) is 0 Å². The number of hydrogen-bond donors (Lipinski definition) is 0. The second kappa shape index (κ2) is 13.7. The Bertz CT molecular complexity index is 1570. The fourth-order valence-corrected chi connectivity index (χ4v) is 10.4. The minimum absolute atomic E-state index is 0.0446. The summed E-state index contributed by atoms with van der Waals surface area (Å²) < 4.78 is 11.6. The van der Waals surface area contributed by atoms with Crippen molar-refractivity contribution >= 4 is 46.1 Å². The first-order valence-electron chi connectivity index (χ1n) is 14.6. The lowest BCUT2D eigenvalue weighted by Crippen LogP contribution is -2.68. The number of rotatable bonds is 11. The minimum atomic E-state index is -3.04. The molecule has 0 radical (unpaired) electrons. The third-order valence-electron chi connectivity index (χ3n) is 7.91. The molecular formula is C37H36NO5P. The van der Waals surface area contributed by atoms with Crippen molar-refractivity contribution < 1.29 is 23.9 Å². The lowest BCUT2D eigenvalue weighted by atomic mass is 9.81. The van der Waals surface area contributed by atoms with Gasteiger partial charge in [-0.25, -0.2) is 4.79 Å². The predicted molar refractivity (Wildman–Crippen MR) is 177 cm³/mol. The van der Waals surface area contributed by atoms with E-state index in [1.165, 1.54) is 6.92 Å². The average Bonchev–Trinajstić information content (AvgIpc) is 3.05. The van der Waals surface area contributed by atoms with Gasteiger partial charge in [-0.05, 0) is 34.8 Å². The Kier molecular flexibility index (Phi) is 9.62. The highest BCUT2D eigenvalue weighted by Crippen LogP contribution is 2.50. The van der Waals surface area contributed by atoms with Gasteiger partial charge in [0.2, 0.25) is 5.91 Å². The fourth-order valence-electron chi connectivity index (χ4n) is 6.05. The molecule has 1 aliphatic heterocycles. The lowest BCUT2D eigenvalue weighted by molar-refractivity contribution is -0.166. The highest BCUT2D eigenvalue weighted by atomic mass is 31.2. The van der Waals surface area contributed by atoms with Crippen molar-refractivity contribution in [1.82, 2.24) is 4.90 Å². The van der Waals surface area contributed by atoms with Gasteiger partial charge in [-0.15, -0.1) is 6.58 Å². The van der Waals surface area contributed by atoms with Crippen LogP contribution in [0, 0.1) is 5.92 Å². The Morgan fingerprint density at radius 2 is 1.27 bits per heavy atom. The summed E-state index contributed by atoms with van der Waals surface area (Å²) in [6, 6.07) is 38.6. The summed E-state index contributed by atoms with van der Waals surface area (Å²) >= 11 is 0. The zero-order chi connectivity index (χ0) is 31.1. The number of ether oxygens (including phenoxy) is 2. The Morgan fingerprint density at radius 3 is 1.70 bits per heavy atom. The standard InChI is InChI=1S/C37H36NO5P/c1-4-17-33-34(27(2)43-28(3)39)35(40)38(33)36(37(41)42-26-29-18-9-5-10-19-29)44(30-20-11-6-12-21-30,31-22-13-7-14-23-31)32-24-15-8-16-25-32/h4-16,18-25,27,33-34H,1,17,26H2,2-3H3/t27?,33-,34-/m1/s1. The SMILES string of the molecule is C=CC[C@@H]1[C@@H](C(C)OC(C)=O)C(=O)N1C(C(=O)OCc1ccccc1)=P(c1ccccc1)(c1ccccc1)c1ccccc1. The number of esters is 2. The Labute approximate surface area is 258 Å². The Morgan fingerprint density at radius 1 is 0.818 bits per heavy atom. The molecule has 1 heterocycles. The first kappa shape index (κ1) is 30.8. The molecule has 0 bridgehead atoms. The molecule has 0 aliphatic carbocycles. The van der Waals surface area contributed by atoms with E-state index in [4.69, 9.17) is 9.47 Å². The smallest absolute Gasteiger partial charge is 0.356 e. The van der Waals surface area contributed by atoms with Crippen LogP contribution in [0.15, 0.2) is 134 Å². The van der Waals surface area contributed by atoms with E-state index >= 15 is 0 Å². The largest absolute Gasteiger partial charge is 0.462 e. The molecule has 1 unspecified atom stereocenters. The van der Waals surface area contributed by atoms with Crippen molar-refractivity contribution in [2.45, 2.75) is 39.0 Å². The van der Waals surface area contributed by atoms with Crippen LogP contribution in [-0.4, -0.2) is 40.3 Å². The number of benzene rings is 4. The van der Waals surface area contributed by atoms with Crippen LogP contribution in [0.3, 0.4) is 0 Å². The molecule has 3 atom stereocenters. The molecule has 0 spiro atoms. The molecule has 7 heteroatoms. The number of amides is 1. The molecular weight excluding hydrogens is 569 g/mol. The monoisotopic (exact) mass is 605 g/mol. The number of carbonyl (C=O) groups is 3. The van der Waals surface area contributed by atoms with Crippen LogP contribution in [0.2, 0.25) is 0 Å². The van der Waals surface area contributed by atoms with E-state index < -0.39 is 36.9 Å². The summed E-state index contributed by atoms with van der Waals surface area (Å²) in [6.07, 6.45) is 1.45. The second-order valence-corrected chi connectivity index (χ2v) is 14.0. The third kappa shape index (κ3) is 5.91. The zero-order valence-corrected chi connectivity index (χ0v) is 25.8. The molecule has 1 saturated heterocycles. The maximum Gasteiger partial charge on any atom is 0.356 e. The van der Waals surface area contributed by atoms with Crippen molar-refractivity contribution in [2.75, 3.05) is 0 Å². The van der Waals surface area contributed by atoms with Crippen LogP contribution >= 0.6 is 6.89 Å². The molecule has 4 aromatic carbocycles. The van der Waals surface area contributed by atoms with E-state index in [9.17, 15) is 14.4 Å². The molecule has 1 aliphatic rings. The molecule has 4 aromatic rings. The maximum atomic E-state index is 14.7. The van der Waals surface area contributed by atoms with Gasteiger partial charge in [-0.3, -0.25) is 9.59 Å². The molecule has 1 fully saturated rings. The summed E-state index contributed by atoms with van der Waals surface area (Å²) in [6.45, 7) is 4.01. The molecule has 224 valence electrons. The van der Waals surface area contributed by atoms with E-state index in [0.717, 1.165) is 21.5 Å². The van der Waals surface area contributed by atoms with Gasteiger partial charge >= 0.3 is 11.9 Å². The molecule has 6 nitrogen and oxygen atoms in total. The van der Waals surface area contributed by atoms with Gasteiger partial charge in [0.05, 0.1) is 12.0 Å². The second-order valence-electron chi connectivity index (χ2n) is 10.7.